The Bertz CT molecular complexity index is 837. The van der Waals surface area contributed by atoms with Crippen molar-refractivity contribution in [1.82, 2.24) is 0 Å². The van der Waals surface area contributed by atoms with Crippen LogP contribution < -0.4 is 0 Å². The first kappa shape index (κ1) is 13.9. The molecule has 0 unspecified atom stereocenters. The van der Waals surface area contributed by atoms with Crippen LogP contribution in [0.15, 0.2) is 84.9 Å². The van der Waals surface area contributed by atoms with Gasteiger partial charge in [0.25, 0.3) is 0 Å². The van der Waals surface area contributed by atoms with Crippen molar-refractivity contribution in [2.75, 3.05) is 0 Å². The number of carbonyl (C=O) groups excluding carboxylic acids is 1. The van der Waals surface area contributed by atoms with Crippen LogP contribution in [0.1, 0.15) is 27.0 Å². The zero-order valence-corrected chi connectivity index (χ0v) is 12.0. The molecule has 0 heterocycles. The molecule has 0 N–H and O–H groups in total. The molecule has 0 atom stereocenters. The Balaban J connectivity index is 1.88. The van der Waals surface area contributed by atoms with Gasteiger partial charge in [0, 0.05) is 22.3 Å². The number of carbonyl (C=O) groups is 1. The Morgan fingerprint density at radius 1 is 0.591 bits per heavy atom. The van der Waals surface area contributed by atoms with Crippen LogP contribution in [-0.4, -0.2) is 5.78 Å². The van der Waals surface area contributed by atoms with E-state index in [-0.39, 0.29) is 5.78 Å². The lowest BCUT2D eigenvalue weighted by Crippen LogP contribution is -2.00. The normalized spacial score (nSPS) is 9.64. The standard InChI is InChI=1S/C21H14O/c22-21(19-11-5-2-6-12-19)20-13-7-10-18(16-20)15-14-17-8-3-1-4-9-17/h1-13,16H. The van der Waals surface area contributed by atoms with Crippen LogP contribution in [0.5, 0.6) is 0 Å². The summed E-state index contributed by atoms with van der Waals surface area (Å²) in [4.78, 5) is 12.4. The lowest BCUT2D eigenvalue weighted by atomic mass is 10.0. The van der Waals surface area contributed by atoms with Crippen molar-refractivity contribution in [3.8, 4) is 11.8 Å². The van der Waals surface area contributed by atoms with E-state index < -0.39 is 0 Å². The first-order chi connectivity index (χ1) is 10.8. The molecular formula is C21H14O. The fourth-order valence-corrected chi connectivity index (χ4v) is 2.16. The predicted molar refractivity (Wildman–Crippen MR) is 88.7 cm³/mol. The smallest absolute Gasteiger partial charge is 0.193 e. The van der Waals surface area contributed by atoms with Crippen molar-refractivity contribution in [3.05, 3.63) is 107 Å². The van der Waals surface area contributed by atoms with Gasteiger partial charge in [0.1, 0.15) is 0 Å². The molecule has 0 spiro atoms. The van der Waals surface area contributed by atoms with Crippen molar-refractivity contribution < 1.29 is 4.79 Å². The van der Waals surface area contributed by atoms with Crippen LogP contribution in [-0.2, 0) is 0 Å². The minimum absolute atomic E-state index is 0.0176. The first-order valence-electron chi connectivity index (χ1n) is 7.10. The van der Waals surface area contributed by atoms with Crippen LogP contribution >= 0.6 is 0 Å². The number of hydrogen-bond donors (Lipinski definition) is 0. The molecule has 0 aromatic heterocycles. The van der Waals surface area contributed by atoms with Crippen LogP contribution in [0.25, 0.3) is 0 Å². The van der Waals surface area contributed by atoms with Crippen molar-refractivity contribution in [2.45, 2.75) is 0 Å². The Morgan fingerprint density at radius 3 is 1.86 bits per heavy atom. The highest BCUT2D eigenvalue weighted by Gasteiger charge is 2.08. The van der Waals surface area contributed by atoms with Gasteiger partial charge in [0.15, 0.2) is 5.78 Å². The van der Waals surface area contributed by atoms with Crippen molar-refractivity contribution >= 4 is 5.78 Å². The van der Waals surface area contributed by atoms with E-state index in [2.05, 4.69) is 11.8 Å². The summed E-state index contributed by atoms with van der Waals surface area (Å²) in [5, 5.41) is 0. The second kappa shape index (κ2) is 6.56. The van der Waals surface area contributed by atoms with Crippen LogP contribution in [0.3, 0.4) is 0 Å². The van der Waals surface area contributed by atoms with Gasteiger partial charge in [-0.2, -0.15) is 0 Å². The average molecular weight is 282 g/mol. The molecule has 3 rings (SSSR count). The van der Waals surface area contributed by atoms with E-state index in [0.29, 0.717) is 11.1 Å². The Hall–Kier alpha value is -3.11. The molecule has 104 valence electrons. The second-order valence-corrected chi connectivity index (χ2v) is 4.89. The summed E-state index contributed by atoms with van der Waals surface area (Å²) in [5.74, 6) is 6.23. The van der Waals surface area contributed by atoms with Crippen LogP contribution in [0, 0.1) is 11.8 Å². The van der Waals surface area contributed by atoms with E-state index >= 15 is 0 Å². The van der Waals surface area contributed by atoms with E-state index in [1.54, 1.807) is 0 Å². The van der Waals surface area contributed by atoms with Gasteiger partial charge in [-0.3, -0.25) is 4.79 Å². The van der Waals surface area contributed by atoms with Gasteiger partial charge in [-0.05, 0) is 24.3 Å². The Labute approximate surface area is 130 Å². The van der Waals surface area contributed by atoms with E-state index in [9.17, 15) is 4.79 Å². The molecule has 0 aliphatic carbocycles. The van der Waals surface area contributed by atoms with Gasteiger partial charge in [-0.25, -0.2) is 0 Å². The summed E-state index contributed by atoms with van der Waals surface area (Å²) < 4.78 is 0. The Kier molecular flexibility index (Phi) is 4.13. The van der Waals surface area contributed by atoms with Crippen molar-refractivity contribution in [1.29, 1.82) is 0 Å². The van der Waals surface area contributed by atoms with E-state index in [1.807, 2.05) is 84.9 Å². The van der Waals surface area contributed by atoms with E-state index in [4.69, 9.17) is 0 Å². The summed E-state index contributed by atoms with van der Waals surface area (Å²) in [7, 11) is 0. The molecule has 0 saturated heterocycles. The molecule has 1 heteroatoms. The lowest BCUT2D eigenvalue weighted by Gasteiger charge is -2.01. The molecule has 3 aromatic carbocycles. The van der Waals surface area contributed by atoms with Crippen LogP contribution in [0.4, 0.5) is 0 Å². The monoisotopic (exact) mass is 282 g/mol. The zero-order valence-electron chi connectivity index (χ0n) is 12.0. The van der Waals surface area contributed by atoms with E-state index in [1.165, 1.54) is 0 Å². The maximum Gasteiger partial charge on any atom is 0.193 e. The summed E-state index contributed by atoms with van der Waals surface area (Å²) in [5.41, 5.74) is 3.15. The van der Waals surface area contributed by atoms with Gasteiger partial charge >= 0.3 is 0 Å². The van der Waals surface area contributed by atoms with Crippen molar-refractivity contribution in [2.24, 2.45) is 0 Å². The highest BCUT2D eigenvalue weighted by molar-refractivity contribution is 6.09. The third kappa shape index (κ3) is 3.31. The molecule has 0 aliphatic heterocycles. The molecule has 1 nitrogen and oxygen atoms in total. The summed E-state index contributed by atoms with van der Waals surface area (Å²) in [6.07, 6.45) is 0. The summed E-state index contributed by atoms with van der Waals surface area (Å²) in [6.45, 7) is 0. The minimum Gasteiger partial charge on any atom is -0.289 e. The fraction of sp³-hybridized carbons (Fsp3) is 0. The quantitative estimate of drug-likeness (QED) is 0.505. The minimum atomic E-state index is 0.0176. The molecule has 0 radical (unpaired) electrons. The highest BCUT2D eigenvalue weighted by Crippen LogP contribution is 2.11. The Morgan fingerprint density at radius 2 is 1.14 bits per heavy atom. The topological polar surface area (TPSA) is 17.1 Å². The molecule has 0 saturated carbocycles. The predicted octanol–water partition coefficient (Wildman–Crippen LogP) is 4.32. The summed E-state index contributed by atoms with van der Waals surface area (Å²) >= 11 is 0. The highest BCUT2D eigenvalue weighted by atomic mass is 16.1. The number of benzene rings is 3. The zero-order chi connectivity index (χ0) is 15.2. The SMILES string of the molecule is O=C(c1ccccc1)c1cccc(C#Cc2ccccc2)c1. The fourth-order valence-electron chi connectivity index (χ4n) is 2.16. The molecule has 0 bridgehead atoms. The molecular weight excluding hydrogens is 268 g/mol. The summed E-state index contributed by atoms with van der Waals surface area (Å²) in [6, 6.07) is 26.5. The van der Waals surface area contributed by atoms with Gasteiger partial charge < -0.3 is 0 Å². The van der Waals surface area contributed by atoms with Gasteiger partial charge in [-0.15, -0.1) is 0 Å². The first-order valence-corrected chi connectivity index (χ1v) is 7.10. The number of rotatable bonds is 2. The third-order valence-corrected chi connectivity index (χ3v) is 3.29. The average Bonchev–Trinajstić information content (AvgIpc) is 2.61. The van der Waals surface area contributed by atoms with E-state index in [0.717, 1.165) is 11.1 Å². The maximum absolute atomic E-state index is 12.4. The van der Waals surface area contributed by atoms with Crippen LogP contribution in [0.2, 0.25) is 0 Å². The lowest BCUT2D eigenvalue weighted by molar-refractivity contribution is 0.103. The largest absolute Gasteiger partial charge is 0.289 e. The van der Waals surface area contributed by atoms with Gasteiger partial charge in [0.2, 0.25) is 0 Å². The van der Waals surface area contributed by atoms with Gasteiger partial charge in [0.05, 0.1) is 0 Å². The maximum atomic E-state index is 12.4. The molecule has 22 heavy (non-hydrogen) atoms. The molecule has 3 aromatic rings. The number of ketones is 1. The van der Waals surface area contributed by atoms with Crippen molar-refractivity contribution in [3.63, 3.8) is 0 Å². The second-order valence-electron chi connectivity index (χ2n) is 4.89. The molecule has 0 aliphatic rings. The number of hydrogen-bond acceptors (Lipinski definition) is 1. The molecule has 0 amide bonds. The van der Waals surface area contributed by atoms with Gasteiger partial charge in [-0.1, -0.05) is 72.5 Å². The third-order valence-electron chi connectivity index (χ3n) is 3.29. The molecule has 0 fully saturated rings.